The Bertz CT molecular complexity index is 626. The van der Waals surface area contributed by atoms with Gasteiger partial charge in [-0.05, 0) is 12.1 Å². The van der Waals surface area contributed by atoms with Crippen LogP contribution in [0.1, 0.15) is 0 Å². The van der Waals surface area contributed by atoms with Gasteiger partial charge in [-0.25, -0.2) is 0 Å². The van der Waals surface area contributed by atoms with Crippen molar-refractivity contribution in [1.29, 1.82) is 0 Å². The topological polar surface area (TPSA) is 0 Å². The number of rotatable bonds is 0. The zero-order valence-corrected chi connectivity index (χ0v) is 19.4. The summed E-state index contributed by atoms with van der Waals surface area (Å²) in [5.41, 5.74) is 0. The van der Waals surface area contributed by atoms with E-state index in [0.29, 0.717) is 0 Å². The van der Waals surface area contributed by atoms with Crippen molar-refractivity contribution in [2.24, 2.45) is 0 Å². The summed E-state index contributed by atoms with van der Waals surface area (Å²) in [6.45, 7) is 0. The second-order valence-corrected chi connectivity index (χ2v) is 5.72. The number of hydrogen-bond donors (Lipinski definition) is 0. The quantitative estimate of drug-likeness (QED) is 0.226. The van der Waals surface area contributed by atoms with Crippen molar-refractivity contribution in [2.45, 2.75) is 9.79 Å². The molecule has 0 fully saturated rings. The second kappa shape index (κ2) is 18.9. The summed E-state index contributed by atoms with van der Waals surface area (Å²) in [6.07, 6.45) is 0. The summed E-state index contributed by atoms with van der Waals surface area (Å²) < 4.78 is 0. The molecule has 0 saturated carbocycles. The van der Waals surface area contributed by atoms with E-state index in [0.717, 1.165) is 9.79 Å². The van der Waals surface area contributed by atoms with E-state index in [1.54, 1.807) is 0 Å². The second-order valence-electron chi connectivity index (χ2n) is 4.78. The minimum absolute atomic E-state index is 0. The van der Waals surface area contributed by atoms with Crippen LogP contribution < -0.4 is 0 Å². The van der Waals surface area contributed by atoms with Gasteiger partial charge in [-0.3, -0.25) is 0 Å². The van der Waals surface area contributed by atoms with Gasteiger partial charge < -0.3 is 25.3 Å². The third-order valence-corrected chi connectivity index (χ3v) is 3.24. The molecule has 4 aromatic rings. The summed E-state index contributed by atoms with van der Waals surface area (Å²) in [4.78, 5) is 1.81. The molecule has 0 atom stereocenters. The molecule has 3 heteroatoms. The molecule has 0 amide bonds. The summed E-state index contributed by atoms with van der Waals surface area (Å²) in [5, 5.41) is 0. The van der Waals surface area contributed by atoms with E-state index in [2.05, 4.69) is 12.1 Å². The fourth-order valence-corrected chi connectivity index (χ4v) is 1.84. The maximum atomic E-state index is 4.81. The first-order chi connectivity index (χ1) is 12.8. The molecule has 0 bridgehead atoms. The van der Waals surface area contributed by atoms with Gasteiger partial charge in [0.25, 0.3) is 0 Å². The molecule has 27 heavy (non-hydrogen) atoms. The fraction of sp³-hybridized carbons (Fsp3) is 0. The Morgan fingerprint density at radius 2 is 0.667 bits per heavy atom. The van der Waals surface area contributed by atoms with Crippen LogP contribution in [0, 0.1) is 12.1 Å². The predicted octanol–water partition coefficient (Wildman–Crippen LogP) is 5.78. The van der Waals surface area contributed by atoms with Crippen molar-refractivity contribution in [3.05, 3.63) is 133 Å². The Morgan fingerprint density at radius 3 is 0.778 bits per heavy atom. The van der Waals surface area contributed by atoms with E-state index in [1.165, 1.54) is 0 Å². The Kier molecular flexibility index (Phi) is 17.6. The SMILES string of the molecule is [S-]c1ccccc1.[S-]c1ccccc1.[Sn+2].[c]1ccccc1.[c]1ccccc1. The number of hydrogen-bond acceptors (Lipinski definition) is 2. The predicted molar refractivity (Wildman–Crippen MR) is 120 cm³/mol. The normalized spacial score (nSPS) is 8.00. The third-order valence-electron chi connectivity index (χ3n) is 2.70. The van der Waals surface area contributed by atoms with E-state index >= 15 is 0 Å². The van der Waals surface area contributed by atoms with Crippen molar-refractivity contribution in [3.63, 3.8) is 0 Å². The van der Waals surface area contributed by atoms with Gasteiger partial charge in [0.05, 0.1) is 0 Å². The molecule has 4 radical (unpaired) electrons. The Balaban J connectivity index is 0.000000331. The van der Waals surface area contributed by atoms with E-state index in [-0.39, 0.29) is 23.9 Å². The largest absolute Gasteiger partial charge is 2.00 e. The van der Waals surface area contributed by atoms with Crippen molar-refractivity contribution in [2.75, 3.05) is 0 Å². The van der Waals surface area contributed by atoms with Crippen LogP contribution in [0.3, 0.4) is 0 Å². The molecule has 0 unspecified atom stereocenters. The van der Waals surface area contributed by atoms with E-state index in [4.69, 9.17) is 25.3 Å². The molecule has 0 saturated heterocycles. The first kappa shape index (κ1) is 25.1. The smallest absolute Gasteiger partial charge is 0.780 e. The first-order valence-corrected chi connectivity index (χ1v) is 8.87. The summed E-state index contributed by atoms with van der Waals surface area (Å²) in [7, 11) is 0. The minimum Gasteiger partial charge on any atom is -0.780 e. The summed E-state index contributed by atoms with van der Waals surface area (Å²) >= 11 is 9.62. The van der Waals surface area contributed by atoms with Crippen molar-refractivity contribution < 1.29 is 0 Å². The Hall–Kier alpha value is -1.88. The van der Waals surface area contributed by atoms with E-state index in [9.17, 15) is 0 Å². The van der Waals surface area contributed by atoms with Crippen molar-refractivity contribution in [3.8, 4) is 0 Å². The van der Waals surface area contributed by atoms with Gasteiger partial charge in [0.2, 0.25) is 0 Å². The van der Waals surface area contributed by atoms with Crippen molar-refractivity contribution in [1.82, 2.24) is 0 Å². The minimum atomic E-state index is 0. The maximum absolute atomic E-state index is 4.81. The van der Waals surface area contributed by atoms with Crippen LogP contribution in [0.2, 0.25) is 0 Å². The van der Waals surface area contributed by atoms with Gasteiger partial charge in [0.15, 0.2) is 0 Å². The monoisotopic (exact) mass is 492 g/mol. The molecule has 0 aliphatic rings. The molecular weight excluding hydrogens is 471 g/mol. The van der Waals surface area contributed by atoms with Crippen LogP contribution in [-0.2, 0) is 25.3 Å². The van der Waals surface area contributed by atoms with Gasteiger partial charge in [-0.2, -0.15) is 9.79 Å². The van der Waals surface area contributed by atoms with Gasteiger partial charge in [-0.15, -0.1) is 0 Å². The maximum Gasteiger partial charge on any atom is 2.00 e. The van der Waals surface area contributed by atoms with Crippen LogP contribution in [0.5, 0.6) is 0 Å². The summed E-state index contributed by atoms with van der Waals surface area (Å²) in [6, 6.07) is 44.2. The summed E-state index contributed by atoms with van der Waals surface area (Å²) in [5.74, 6) is 0. The van der Waals surface area contributed by atoms with Crippen LogP contribution in [0.25, 0.3) is 0 Å². The molecule has 0 nitrogen and oxygen atoms in total. The first-order valence-electron chi connectivity index (χ1n) is 8.05. The van der Waals surface area contributed by atoms with E-state index < -0.39 is 0 Å². The van der Waals surface area contributed by atoms with E-state index in [1.807, 2.05) is 121 Å². The van der Waals surface area contributed by atoms with Gasteiger partial charge in [-0.1, -0.05) is 121 Å². The van der Waals surface area contributed by atoms with Gasteiger partial charge >= 0.3 is 23.9 Å². The molecule has 0 aliphatic carbocycles. The molecule has 0 aliphatic heterocycles. The average Bonchev–Trinajstić information content (AvgIpc) is 2.73. The number of benzene rings is 4. The molecule has 4 aromatic carbocycles. The third kappa shape index (κ3) is 17.3. The van der Waals surface area contributed by atoms with Crippen LogP contribution >= 0.6 is 0 Å². The van der Waals surface area contributed by atoms with Crippen LogP contribution in [-0.4, -0.2) is 23.9 Å². The van der Waals surface area contributed by atoms with Gasteiger partial charge in [0.1, 0.15) is 0 Å². The molecule has 0 heterocycles. The molecular formula is C24H20S2Sn. The van der Waals surface area contributed by atoms with Crippen molar-refractivity contribution >= 4 is 49.2 Å². The zero-order valence-electron chi connectivity index (χ0n) is 14.9. The molecule has 0 spiro atoms. The fourth-order valence-electron chi connectivity index (χ4n) is 1.52. The van der Waals surface area contributed by atoms with Crippen LogP contribution in [0.4, 0.5) is 0 Å². The Morgan fingerprint density at radius 1 is 0.407 bits per heavy atom. The average molecular weight is 491 g/mol. The molecule has 0 N–H and O–H groups in total. The van der Waals surface area contributed by atoms with Crippen LogP contribution in [0.15, 0.2) is 131 Å². The Labute approximate surface area is 191 Å². The molecule has 4 rings (SSSR count). The molecule has 0 aromatic heterocycles. The standard InChI is InChI=1S/2C6H6S.2C6H5.Sn/c2*7-6-4-2-1-3-5-6;2*1-2-4-6-5-3-1;/h2*1-5,7H;2*1-5H;/q;;;;+2/p-2. The van der Waals surface area contributed by atoms with Gasteiger partial charge in [0, 0.05) is 0 Å². The molecule has 132 valence electrons. The zero-order chi connectivity index (χ0) is 18.7.